The quantitative estimate of drug-likeness (QED) is 0.773. The van der Waals surface area contributed by atoms with E-state index < -0.39 is 0 Å². The lowest BCUT2D eigenvalue weighted by atomic mass is 10.2. The van der Waals surface area contributed by atoms with Crippen molar-refractivity contribution < 1.29 is 9.53 Å². The molecule has 0 aliphatic heterocycles. The van der Waals surface area contributed by atoms with Crippen molar-refractivity contribution in [2.45, 2.75) is 12.8 Å². The number of hydrogen-bond donors (Lipinski definition) is 0. The Morgan fingerprint density at radius 2 is 2.21 bits per heavy atom. The molecule has 0 saturated heterocycles. The first-order valence-corrected chi connectivity index (χ1v) is 5.46. The Kier molecular flexibility index (Phi) is 2.87. The van der Waals surface area contributed by atoms with Crippen molar-refractivity contribution in [2.24, 2.45) is 5.92 Å². The number of carbonyl (C=O) groups is 1. The molecule has 0 unspecified atom stereocenters. The molecule has 0 bridgehead atoms. The van der Waals surface area contributed by atoms with Crippen molar-refractivity contribution in [3.63, 3.8) is 0 Å². The maximum atomic E-state index is 10.6. The van der Waals surface area contributed by atoms with Crippen LogP contribution in [0.4, 0.5) is 0 Å². The number of rotatable bonds is 4. The van der Waals surface area contributed by atoms with Gasteiger partial charge in [-0.25, -0.2) is 0 Å². The van der Waals surface area contributed by atoms with E-state index in [9.17, 15) is 4.79 Å². The third kappa shape index (κ3) is 2.58. The molecule has 1 fully saturated rings. The van der Waals surface area contributed by atoms with Gasteiger partial charge in [0, 0.05) is 10.0 Å². The van der Waals surface area contributed by atoms with E-state index >= 15 is 0 Å². The van der Waals surface area contributed by atoms with Crippen molar-refractivity contribution in [2.75, 3.05) is 6.61 Å². The first-order valence-electron chi connectivity index (χ1n) is 4.66. The molecule has 0 heterocycles. The van der Waals surface area contributed by atoms with Gasteiger partial charge in [-0.3, -0.25) is 4.79 Å². The molecule has 0 radical (unpaired) electrons. The van der Waals surface area contributed by atoms with E-state index in [1.165, 1.54) is 12.8 Å². The van der Waals surface area contributed by atoms with Gasteiger partial charge in [0.1, 0.15) is 12.0 Å². The number of hydrogen-bond acceptors (Lipinski definition) is 2. The van der Waals surface area contributed by atoms with Crippen molar-refractivity contribution in [1.29, 1.82) is 0 Å². The average Bonchev–Trinajstić information content (AvgIpc) is 2.97. The smallest absolute Gasteiger partial charge is 0.150 e. The second-order valence-electron chi connectivity index (χ2n) is 3.59. The highest BCUT2D eigenvalue weighted by Crippen LogP contribution is 2.30. The van der Waals surface area contributed by atoms with Crippen molar-refractivity contribution >= 4 is 22.2 Å². The normalized spacial score (nSPS) is 15.2. The summed E-state index contributed by atoms with van der Waals surface area (Å²) in [5, 5.41) is 0. The van der Waals surface area contributed by atoms with Crippen LogP contribution in [0, 0.1) is 5.92 Å². The fourth-order valence-corrected chi connectivity index (χ4v) is 1.72. The van der Waals surface area contributed by atoms with Gasteiger partial charge in [0.2, 0.25) is 0 Å². The Balaban J connectivity index is 2.06. The predicted molar refractivity (Wildman–Crippen MR) is 57.7 cm³/mol. The van der Waals surface area contributed by atoms with Crippen LogP contribution < -0.4 is 4.74 Å². The first kappa shape index (κ1) is 9.71. The molecule has 74 valence electrons. The molecule has 0 N–H and O–H groups in total. The van der Waals surface area contributed by atoms with Crippen LogP contribution in [0.2, 0.25) is 0 Å². The number of benzene rings is 1. The van der Waals surface area contributed by atoms with E-state index in [0.717, 1.165) is 29.0 Å². The molecule has 1 saturated carbocycles. The Hall–Kier alpha value is -0.830. The average molecular weight is 255 g/mol. The Bertz CT molecular complexity index is 345. The molecule has 0 atom stereocenters. The van der Waals surface area contributed by atoms with Gasteiger partial charge in [-0.1, -0.05) is 15.9 Å². The third-order valence-electron chi connectivity index (χ3n) is 2.21. The number of aldehydes is 1. The maximum absolute atomic E-state index is 10.6. The van der Waals surface area contributed by atoms with Gasteiger partial charge >= 0.3 is 0 Å². The summed E-state index contributed by atoms with van der Waals surface area (Å²) in [6.45, 7) is 0.773. The van der Waals surface area contributed by atoms with Crippen LogP contribution in [0.25, 0.3) is 0 Å². The fraction of sp³-hybridized carbons (Fsp3) is 0.364. The molecule has 1 aliphatic rings. The minimum atomic E-state index is 0.644. The second-order valence-corrected chi connectivity index (χ2v) is 4.51. The van der Waals surface area contributed by atoms with Crippen molar-refractivity contribution in [3.8, 4) is 5.75 Å². The number of halogens is 1. The molecule has 14 heavy (non-hydrogen) atoms. The lowest BCUT2D eigenvalue weighted by Crippen LogP contribution is -1.99. The highest BCUT2D eigenvalue weighted by atomic mass is 79.9. The highest BCUT2D eigenvalue weighted by molar-refractivity contribution is 9.10. The minimum Gasteiger partial charge on any atom is -0.493 e. The van der Waals surface area contributed by atoms with Crippen LogP contribution in [0.15, 0.2) is 22.7 Å². The monoisotopic (exact) mass is 254 g/mol. The van der Waals surface area contributed by atoms with Gasteiger partial charge in [-0.15, -0.1) is 0 Å². The summed E-state index contributed by atoms with van der Waals surface area (Å²) >= 11 is 3.34. The first-order chi connectivity index (χ1) is 6.78. The summed E-state index contributed by atoms with van der Waals surface area (Å²) in [6, 6.07) is 5.42. The van der Waals surface area contributed by atoms with Crippen LogP contribution in [-0.2, 0) is 0 Å². The van der Waals surface area contributed by atoms with Crippen LogP contribution in [0.5, 0.6) is 5.75 Å². The Labute approximate surface area is 91.4 Å². The van der Waals surface area contributed by atoms with Crippen molar-refractivity contribution in [3.05, 3.63) is 28.2 Å². The van der Waals surface area contributed by atoms with Crippen LogP contribution >= 0.6 is 15.9 Å². The summed E-state index contributed by atoms with van der Waals surface area (Å²) in [5.41, 5.74) is 0.644. The van der Waals surface area contributed by atoms with E-state index in [0.29, 0.717) is 5.56 Å². The molecular weight excluding hydrogens is 244 g/mol. The highest BCUT2D eigenvalue weighted by Gasteiger charge is 2.21. The van der Waals surface area contributed by atoms with E-state index in [2.05, 4.69) is 15.9 Å². The predicted octanol–water partition coefficient (Wildman–Crippen LogP) is 3.05. The molecule has 2 nitrogen and oxygen atoms in total. The zero-order chi connectivity index (χ0) is 9.97. The second kappa shape index (κ2) is 4.13. The summed E-state index contributed by atoms with van der Waals surface area (Å²) in [5.74, 6) is 1.50. The largest absolute Gasteiger partial charge is 0.493 e. The number of ether oxygens (including phenoxy) is 1. The molecule has 1 aliphatic carbocycles. The minimum absolute atomic E-state index is 0.644. The third-order valence-corrected chi connectivity index (χ3v) is 2.67. The van der Waals surface area contributed by atoms with Crippen LogP contribution in [-0.4, -0.2) is 12.9 Å². The Morgan fingerprint density at radius 1 is 1.43 bits per heavy atom. The fourth-order valence-electron chi connectivity index (χ4n) is 1.23. The van der Waals surface area contributed by atoms with E-state index in [4.69, 9.17) is 4.74 Å². The topological polar surface area (TPSA) is 26.3 Å². The number of carbonyl (C=O) groups excluding carboxylic acids is 1. The van der Waals surface area contributed by atoms with Gasteiger partial charge in [-0.05, 0) is 37.0 Å². The van der Waals surface area contributed by atoms with E-state index in [1.54, 1.807) is 12.1 Å². The zero-order valence-electron chi connectivity index (χ0n) is 7.70. The summed E-state index contributed by atoms with van der Waals surface area (Å²) in [7, 11) is 0. The molecular formula is C11H11BrO2. The molecule has 0 amide bonds. The molecule has 0 aromatic heterocycles. The molecule has 0 spiro atoms. The molecule has 1 aromatic carbocycles. The Morgan fingerprint density at radius 3 is 2.86 bits per heavy atom. The van der Waals surface area contributed by atoms with Gasteiger partial charge < -0.3 is 4.74 Å². The molecule has 3 heteroatoms. The standard InChI is InChI=1S/C11H11BrO2/c12-10-3-9(6-13)4-11(5-10)14-7-8-1-2-8/h3-6,8H,1-2,7H2. The lowest BCUT2D eigenvalue weighted by Gasteiger charge is -2.05. The van der Waals surface area contributed by atoms with Crippen LogP contribution in [0.3, 0.4) is 0 Å². The molecule has 1 aromatic rings. The van der Waals surface area contributed by atoms with Gasteiger partial charge in [0.15, 0.2) is 0 Å². The van der Waals surface area contributed by atoms with Gasteiger partial charge in [0.05, 0.1) is 6.61 Å². The summed E-state index contributed by atoms with van der Waals surface area (Å²) in [4.78, 5) is 10.6. The maximum Gasteiger partial charge on any atom is 0.150 e. The van der Waals surface area contributed by atoms with E-state index in [-0.39, 0.29) is 0 Å². The zero-order valence-corrected chi connectivity index (χ0v) is 9.29. The van der Waals surface area contributed by atoms with E-state index in [1.807, 2.05) is 6.07 Å². The SMILES string of the molecule is O=Cc1cc(Br)cc(OCC2CC2)c1. The van der Waals surface area contributed by atoms with Gasteiger partial charge in [0.25, 0.3) is 0 Å². The molecule has 2 rings (SSSR count). The van der Waals surface area contributed by atoms with Crippen LogP contribution in [0.1, 0.15) is 23.2 Å². The van der Waals surface area contributed by atoms with Gasteiger partial charge in [-0.2, -0.15) is 0 Å². The lowest BCUT2D eigenvalue weighted by molar-refractivity contribution is 0.112. The van der Waals surface area contributed by atoms with Crippen molar-refractivity contribution in [1.82, 2.24) is 0 Å². The summed E-state index contributed by atoms with van der Waals surface area (Å²) < 4.78 is 6.45. The summed E-state index contributed by atoms with van der Waals surface area (Å²) in [6.07, 6.45) is 3.37.